The minimum Gasteiger partial charge on any atom is -0.310 e. The van der Waals surface area contributed by atoms with Crippen LogP contribution in [-0.2, 0) is 4.79 Å². The normalized spacial score (nSPS) is 20.1. The number of amides is 1. The van der Waals surface area contributed by atoms with Gasteiger partial charge in [-0.1, -0.05) is 38.5 Å². The zero-order valence-corrected chi connectivity index (χ0v) is 11.4. The highest BCUT2D eigenvalue weighted by molar-refractivity contribution is 6.04. The van der Waals surface area contributed by atoms with Crippen molar-refractivity contribution in [3.05, 3.63) is 29.8 Å². The molecule has 0 saturated carbocycles. The molecule has 1 aliphatic heterocycles. The number of nitrogens with zero attached hydrogens (tertiary/aromatic N) is 1. The molecule has 0 spiro atoms. The zero-order valence-electron chi connectivity index (χ0n) is 11.4. The van der Waals surface area contributed by atoms with E-state index in [1.165, 1.54) is 6.42 Å². The van der Waals surface area contributed by atoms with Crippen molar-refractivity contribution in [3.63, 3.8) is 0 Å². The van der Waals surface area contributed by atoms with Gasteiger partial charge in [-0.25, -0.2) is 0 Å². The van der Waals surface area contributed by atoms with E-state index in [0.29, 0.717) is 5.92 Å². The lowest BCUT2D eigenvalue weighted by atomic mass is 10.1. The van der Waals surface area contributed by atoms with E-state index in [9.17, 15) is 4.79 Å². The van der Waals surface area contributed by atoms with E-state index in [0.717, 1.165) is 24.2 Å². The van der Waals surface area contributed by atoms with Gasteiger partial charge in [0, 0.05) is 17.8 Å². The number of fused-ring (bicyclic) bond motifs is 1. The molecule has 1 aliphatic rings. The molecule has 0 fully saturated rings. The van der Waals surface area contributed by atoms with Crippen molar-refractivity contribution in [3.8, 4) is 0 Å². The van der Waals surface area contributed by atoms with Gasteiger partial charge in [-0.2, -0.15) is 0 Å². The molecule has 0 bridgehead atoms. The van der Waals surface area contributed by atoms with Gasteiger partial charge in [0.25, 0.3) is 0 Å². The molecule has 18 heavy (non-hydrogen) atoms. The summed E-state index contributed by atoms with van der Waals surface area (Å²) in [5.41, 5.74) is 2.18. The number of hydrogen-bond acceptors (Lipinski definition) is 2. The Morgan fingerprint density at radius 3 is 2.78 bits per heavy atom. The average Bonchev–Trinajstić information content (AvgIpc) is 2.63. The summed E-state index contributed by atoms with van der Waals surface area (Å²) in [6.07, 6.45) is 2.33. The molecule has 1 amide bonds. The van der Waals surface area contributed by atoms with Crippen molar-refractivity contribution in [2.45, 2.75) is 32.7 Å². The second kappa shape index (κ2) is 5.53. The summed E-state index contributed by atoms with van der Waals surface area (Å²) in [6, 6.07) is 7.91. The SMILES string of the molecule is CCCC(C)CN1C(=O)C(NC)c2ccccc21. The highest BCUT2D eigenvalue weighted by Crippen LogP contribution is 2.36. The Morgan fingerprint density at radius 1 is 1.39 bits per heavy atom. The second-order valence-corrected chi connectivity index (χ2v) is 5.12. The van der Waals surface area contributed by atoms with Gasteiger partial charge in [0.2, 0.25) is 5.91 Å². The molecule has 0 aliphatic carbocycles. The molecule has 1 aromatic rings. The topological polar surface area (TPSA) is 32.3 Å². The standard InChI is InChI=1S/C15H22N2O/c1-4-7-11(2)10-17-13-9-6-5-8-12(13)14(16-3)15(17)18/h5-6,8-9,11,14,16H,4,7,10H2,1-3H3. The molecular weight excluding hydrogens is 224 g/mol. The number of carbonyl (C=O) groups is 1. The summed E-state index contributed by atoms with van der Waals surface area (Å²) in [5, 5.41) is 3.11. The van der Waals surface area contributed by atoms with Gasteiger partial charge in [-0.15, -0.1) is 0 Å². The molecule has 0 aromatic heterocycles. The molecule has 3 nitrogen and oxygen atoms in total. The molecule has 98 valence electrons. The van der Waals surface area contributed by atoms with Crippen LogP contribution in [0.15, 0.2) is 24.3 Å². The number of para-hydroxylation sites is 1. The maximum absolute atomic E-state index is 12.4. The number of benzene rings is 1. The number of carbonyl (C=O) groups excluding carboxylic acids is 1. The van der Waals surface area contributed by atoms with Gasteiger partial charge in [-0.3, -0.25) is 4.79 Å². The minimum atomic E-state index is -0.171. The smallest absolute Gasteiger partial charge is 0.248 e. The third-order valence-electron chi connectivity index (χ3n) is 3.62. The van der Waals surface area contributed by atoms with E-state index in [1.54, 1.807) is 0 Å². The number of hydrogen-bond donors (Lipinski definition) is 1. The number of rotatable bonds is 5. The monoisotopic (exact) mass is 246 g/mol. The van der Waals surface area contributed by atoms with E-state index in [-0.39, 0.29) is 11.9 Å². The van der Waals surface area contributed by atoms with E-state index in [4.69, 9.17) is 0 Å². The summed E-state index contributed by atoms with van der Waals surface area (Å²) in [4.78, 5) is 14.3. The molecule has 1 aromatic carbocycles. The molecule has 3 heteroatoms. The van der Waals surface area contributed by atoms with Gasteiger partial charge in [0.1, 0.15) is 6.04 Å². The van der Waals surface area contributed by atoms with Crippen molar-refractivity contribution >= 4 is 11.6 Å². The lowest BCUT2D eigenvalue weighted by molar-refractivity contribution is -0.120. The average molecular weight is 246 g/mol. The lowest BCUT2D eigenvalue weighted by Crippen LogP contribution is -2.36. The van der Waals surface area contributed by atoms with Crippen LogP contribution in [0.1, 0.15) is 38.3 Å². The van der Waals surface area contributed by atoms with Crippen molar-refractivity contribution in [2.75, 3.05) is 18.5 Å². The molecule has 1 heterocycles. The molecule has 0 saturated heterocycles. The number of likely N-dealkylation sites (N-methyl/N-ethyl adjacent to an activating group) is 1. The van der Waals surface area contributed by atoms with Crippen LogP contribution in [0.3, 0.4) is 0 Å². The first-order valence-corrected chi connectivity index (χ1v) is 6.76. The summed E-state index contributed by atoms with van der Waals surface area (Å²) >= 11 is 0. The largest absolute Gasteiger partial charge is 0.310 e. The molecule has 2 atom stereocenters. The van der Waals surface area contributed by atoms with Crippen LogP contribution in [0.4, 0.5) is 5.69 Å². The van der Waals surface area contributed by atoms with Crippen molar-refractivity contribution < 1.29 is 4.79 Å². The Balaban J connectivity index is 2.24. The lowest BCUT2D eigenvalue weighted by Gasteiger charge is -2.22. The summed E-state index contributed by atoms with van der Waals surface area (Å²) in [7, 11) is 1.85. The Hall–Kier alpha value is -1.35. The van der Waals surface area contributed by atoms with Crippen LogP contribution in [0.25, 0.3) is 0 Å². The fraction of sp³-hybridized carbons (Fsp3) is 0.533. The third kappa shape index (κ3) is 2.27. The Kier molecular flexibility index (Phi) is 4.02. The van der Waals surface area contributed by atoms with Crippen molar-refractivity contribution in [1.82, 2.24) is 5.32 Å². The Labute approximate surface area is 109 Å². The molecule has 2 unspecified atom stereocenters. The molecule has 0 radical (unpaired) electrons. The quantitative estimate of drug-likeness (QED) is 0.866. The first-order valence-electron chi connectivity index (χ1n) is 6.76. The molecular formula is C15H22N2O. The van der Waals surface area contributed by atoms with Gasteiger partial charge in [-0.05, 0) is 25.5 Å². The third-order valence-corrected chi connectivity index (χ3v) is 3.62. The zero-order chi connectivity index (χ0) is 13.1. The first kappa shape index (κ1) is 13.1. The van der Waals surface area contributed by atoms with Gasteiger partial charge in [0.05, 0.1) is 0 Å². The maximum Gasteiger partial charge on any atom is 0.248 e. The van der Waals surface area contributed by atoms with Gasteiger partial charge < -0.3 is 10.2 Å². The highest BCUT2D eigenvalue weighted by Gasteiger charge is 2.36. The Morgan fingerprint density at radius 2 is 2.11 bits per heavy atom. The van der Waals surface area contributed by atoms with Gasteiger partial charge >= 0.3 is 0 Å². The summed E-state index contributed by atoms with van der Waals surface area (Å²) in [6.45, 7) is 5.22. The number of anilines is 1. The van der Waals surface area contributed by atoms with E-state index < -0.39 is 0 Å². The van der Waals surface area contributed by atoms with Crippen molar-refractivity contribution in [2.24, 2.45) is 5.92 Å². The highest BCUT2D eigenvalue weighted by atomic mass is 16.2. The summed E-state index contributed by atoms with van der Waals surface area (Å²) in [5.74, 6) is 0.726. The summed E-state index contributed by atoms with van der Waals surface area (Å²) < 4.78 is 0. The fourth-order valence-corrected chi connectivity index (χ4v) is 2.75. The predicted octanol–water partition coefficient (Wildman–Crippen LogP) is 2.73. The number of nitrogens with one attached hydrogen (secondary N) is 1. The van der Waals surface area contributed by atoms with Crippen LogP contribution < -0.4 is 10.2 Å². The second-order valence-electron chi connectivity index (χ2n) is 5.12. The van der Waals surface area contributed by atoms with Crippen LogP contribution in [0.2, 0.25) is 0 Å². The van der Waals surface area contributed by atoms with Crippen LogP contribution in [0.5, 0.6) is 0 Å². The van der Waals surface area contributed by atoms with E-state index in [2.05, 4.69) is 19.2 Å². The minimum absolute atomic E-state index is 0.171. The van der Waals surface area contributed by atoms with Crippen LogP contribution in [-0.4, -0.2) is 19.5 Å². The van der Waals surface area contributed by atoms with Crippen molar-refractivity contribution in [1.29, 1.82) is 0 Å². The predicted molar refractivity (Wildman–Crippen MR) is 74.7 cm³/mol. The fourth-order valence-electron chi connectivity index (χ4n) is 2.75. The molecule has 2 rings (SSSR count). The maximum atomic E-state index is 12.4. The molecule has 1 N–H and O–H groups in total. The van der Waals surface area contributed by atoms with Crippen LogP contribution >= 0.6 is 0 Å². The van der Waals surface area contributed by atoms with E-state index >= 15 is 0 Å². The first-order chi connectivity index (χ1) is 8.69. The Bertz CT molecular complexity index is 430. The van der Waals surface area contributed by atoms with Crippen LogP contribution in [0, 0.1) is 5.92 Å². The van der Waals surface area contributed by atoms with Gasteiger partial charge in [0.15, 0.2) is 0 Å². The van der Waals surface area contributed by atoms with E-state index in [1.807, 2.05) is 36.2 Å².